The Morgan fingerprint density at radius 1 is 1.12 bits per heavy atom. The molecular weight excluding hydrogens is 332 g/mol. The van der Waals surface area contributed by atoms with E-state index in [2.05, 4.69) is 24.1 Å². The van der Waals surface area contributed by atoms with Crippen molar-refractivity contribution in [3.05, 3.63) is 23.8 Å². The minimum absolute atomic E-state index is 0.0961. The predicted octanol–water partition coefficient (Wildman–Crippen LogP) is 1.86. The van der Waals surface area contributed by atoms with Gasteiger partial charge in [-0.25, -0.2) is 0 Å². The Kier molecular flexibility index (Phi) is 6.74. The first kappa shape index (κ1) is 19.0. The molecule has 0 aromatic heterocycles. The standard InChI is InChI=1S/C20H30N2O4/c1-15(2)17(22-7-9-24-10-8-22)14-21-20(23)6-4-16-3-5-18-19(13-16)26-12-11-25-18/h3,5,13,15,17H,4,6-12,14H2,1-2H3,(H,21,23). The van der Waals surface area contributed by atoms with Gasteiger partial charge in [-0.3, -0.25) is 9.69 Å². The van der Waals surface area contributed by atoms with Gasteiger partial charge in [0.25, 0.3) is 0 Å². The SMILES string of the molecule is CC(C)C(CNC(=O)CCc1ccc2c(c1)OCCO2)N1CCOCC1. The number of amides is 1. The summed E-state index contributed by atoms with van der Waals surface area (Å²) in [4.78, 5) is 14.7. The number of carbonyl (C=O) groups excluding carboxylic acids is 1. The van der Waals surface area contributed by atoms with Gasteiger partial charge in [-0.05, 0) is 30.0 Å². The summed E-state index contributed by atoms with van der Waals surface area (Å²) in [6.07, 6.45) is 1.18. The molecular formula is C20H30N2O4. The van der Waals surface area contributed by atoms with E-state index in [9.17, 15) is 4.79 Å². The number of benzene rings is 1. The molecule has 1 amide bonds. The first-order chi connectivity index (χ1) is 12.6. The van der Waals surface area contributed by atoms with Crippen molar-refractivity contribution in [3.63, 3.8) is 0 Å². The second-order valence-corrected chi connectivity index (χ2v) is 7.24. The summed E-state index contributed by atoms with van der Waals surface area (Å²) in [5, 5.41) is 3.12. The van der Waals surface area contributed by atoms with Crippen molar-refractivity contribution in [3.8, 4) is 11.5 Å². The summed E-state index contributed by atoms with van der Waals surface area (Å²) >= 11 is 0. The smallest absolute Gasteiger partial charge is 0.220 e. The molecule has 0 radical (unpaired) electrons. The average molecular weight is 362 g/mol. The van der Waals surface area contributed by atoms with Crippen molar-refractivity contribution < 1.29 is 19.0 Å². The number of ether oxygens (including phenoxy) is 3. The summed E-state index contributed by atoms with van der Waals surface area (Å²) in [7, 11) is 0. The molecule has 26 heavy (non-hydrogen) atoms. The fourth-order valence-corrected chi connectivity index (χ4v) is 3.50. The van der Waals surface area contributed by atoms with Crippen LogP contribution in [0.2, 0.25) is 0 Å². The van der Waals surface area contributed by atoms with E-state index in [1.807, 2.05) is 18.2 Å². The molecule has 1 fully saturated rings. The zero-order valence-electron chi connectivity index (χ0n) is 15.8. The van der Waals surface area contributed by atoms with Crippen LogP contribution in [0.3, 0.4) is 0 Å². The van der Waals surface area contributed by atoms with Crippen LogP contribution in [0.25, 0.3) is 0 Å². The molecule has 1 atom stereocenters. The molecule has 0 aliphatic carbocycles. The topological polar surface area (TPSA) is 60.0 Å². The fourth-order valence-electron chi connectivity index (χ4n) is 3.50. The molecule has 2 aliphatic heterocycles. The minimum Gasteiger partial charge on any atom is -0.486 e. The third-order valence-electron chi connectivity index (χ3n) is 5.04. The number of morpholine rings is 1. The third-order valence-corrected chi connectivity index (χ3v) is 5.04. The molecule has 1 aromatic rings. The Balaban J connectivity index is 1.46. The second-order valence-electron chi connectivity index (χ2n) is 7.24. The maximum atomic E-state index is 12.3. The molecule has 2 aliphatic rings. The number of hydrogen-bond acceptors (Lipinski definition) is 5. The molecule has 1 N–H and O–H groups in total. The van der Waals surface area contributed by atoms with Crippen molar-refractivity contribution in [2.75, 3.05) is 46.1 Å². The predicted molar refractivity (Wildman–Crippen MR) is 99.8 cm³/mol. The van der Waals surface area contributed by atoms with E-state index in [0.717, 1.165) is 43.4 Å². The quantitative estimate of drug-likeness (QED) is 0.802. The molecule has 6 nitrogen and oxygen atoms in total. The van der Waals surface area contributed by atoms with Gasteiger partial charge in [0, 0.05) is 32.1 Å². The summed E-state index contributed by atoms with van der Waals surface area (Å²) < 4.78 is 16.6. The van der Waals surface area contributed by atoms with E-state index < -0.39 is 0 Å². The monoisotopic (exact) mass is 362 g/mol. The number of nitrogens with zero attached hydrogens (tertiary/aromatic N) is 1. The molecule has 0 saturated carbocycles. The highest BCUT2D eigenvalue weighted by atomic mass is 16.6. The van der Waals surface area contributed by atoms with Crippen molar-refractivity contribution in [1.82, 2.24) is 10.2 Å². The van der Waals surface area contributed by atoms with E-state index >= 15 is 0 Å². The van der Waals surface area contributed by atoms with Gasteiger partial charge in [0.05, 0.1) is 13.2 Å². The molecule has 2 heterocycles. The average Bonchev–Trinajstić information content (AvgIpc) is 2.67. The van der Waals surface area contributed by atoms with Gasteiger partial charge in [-0.2, -0.15) is 0 Å². The molecule has 1 unspecified atom stereocenters. The van der Waals surface area contributed by atoms with Crippen LogP contribution in [-0.4, -0.2) is 62.9 Å². The Bertz CT molecular complexity index is 599. The zero-order chi connectivity index (χ0) is 18.4. The fraction of sp³-hybridized carbons (Fsp3) is 0.650. The van der Waals surface area contributed by atoms with E-state index in [4.69, 9.17) is 14.2 Å². The number of aryl methyl sites for hydroxylation is 1. The van der Waals surface area contributed by atoms with Crippen LogP contribution in [0, 0.1) is 5.92 Å². The summed E-state index contributed by atoms with van der Waals surface area (Å²) in [5.74, 6) is 2.15. The van der Waals surface area contributed by atoms with Gasteiger partial charge >= 0.3 is 0 Å². The highest BCUT2D eigenvalue weighted by Crippen LogP contribution is 2.31. The molecule has 1 saturated heterocycles. The lowest BCUT2D eigenvalue weighted by molar-refractivity contribution is -0.121. The molecule has 144 valence electrons. The van der Waals surface area contributed by atoms with Crippen LogP contribution in [0.4, 0.5) is 0 Å². The minimum atomic E-state index is 0.0961. The van der Waals surface area contributed by atoms with Crippen molar-refractivity contribution in [1.29, 1.82) is 0 Å². The van der Waals surface area contributed by atoms with Gasteiger partial charge in [0.15, 0.2) is 11.5 Å². The van der Waals surface area contributed by atoms with E-state index in [-0.39, 0.29) is 5.91 Å². The van der Waals surface area contributed by atoms with Crippen LogP contribution >= 0.6 is 0 Å². The Morgan fingerprint density at radius 2 is 1.85 bits per heavy atom. The van der Waals surface area contributed by atoms with E-state index in [0.29, 0.717) is 44.6 Å². The lowest BCUT2D eigenvalue weighted by Crippen LogP contribution is -2.51. The largest absolute Gasteiger partial charge is 0.486 e. The van der Waals surface area contributed by atoms with E-state index in [1.165, 1.54) is 0 Å². The molecule has 6 heteroatoms. The number of carbonyl (C=O) groups is 1. The Labute approximate surface area is 155 Å². The van der Waals surface area contributed by atoms with Crippen LogP contribution in [0.5, 0.6) is 11.5 Å². The summed E-state index contributed by atoms with van der Waals surface area (Å²) in [6.45, 7) is 9.72. The highest BCUT2D eigenvalue weighted by Gasteiger charge is 2.24. The van der Waals surface area contributed by atoms with Crippen LogP contribution in [0.1, 0.15) is 25.8 Å². The van der Waals surface area contributed by atoms with Crippen molar-refractivity contribution in [2.45, 2.75) is 32.7 Å². The van der Waals surface area contributed by atoms with Crippen LogP contribution in [0.15, 0.2) is 18.2 Å². The maximum Gasteiger partial charge on any atom is 0.220 e. The van der Waals surface area contributed by atoms with Gasteiger partial charge in [0.2, 0.25) is 5.91 Å². The highest BCUT2D eigenvalue weighted by molar-refractivity contribution is 5.76. The van der Waals surface area contributed by atoms with Gasteiger partial charge < -0.3 is 19.5 Å². The first-order valence-electron chi connectivity index (χ1n) is 9.60. The number of rotatable bonds is 7. The van der Waals surface area contributed by atoms with Crippen molar-refractivity contribution in [2.24, 2.45) is 5.92 Å². The van der Waals surface area contributed by atoms with Gasteiger partial charge in [-0.15, -0.1) is 0 Å². The normalized spacial score (nSPS) is 18.6. The number of hydrogen-bond donors (Lipinski definition) is 1. The van der Waals surface area contributed by atoms with Crippen LogP contribution < -0.4 is 14.8 Å². The number of fused-ring (bicyclic) bond motifs is 1. The third kappa shape index (κ3) is 5.11. The van der Waals surface area contributed by atoms with Crippen LogP contribution in [-0.2, 0) is 16.0 Å². The van der Waals surface area contributed by atoms with E-state index in [1.54, 1.807) is 0 Å². The van der Waals surface area contributed by atoms with Crippen molar-refractivity contribution >= 4 is 5.91 Å². The zero-order valence-corrected chi connectivity index (χ0v) is 15.8. The summed E-state index contributed by atoms with van der Waals surface area (Å²) in [6, 6.07) is 6.27. The van der Waals surface area contributed by atoms with Gasteiger partial charge in [-0.1, -0.05) is 19.9 Å². The number of nitrogens with one attached hydrogen (secondary N) is 1. The summed E-state index contributed by atoms with van der Waals surface area (Å²) in [5.41, 5.74) is 1.10. The molecule has 0 bridgehead atoms. The molecule has 1 aromatic carbocycles. The lowest BCUT2D eigenvalue weighted by Gasteiger charge is -2.36. The Morgan fingerprint density at radius 3 is 2.58 bits per heavy atom. The maximum absolute atomic E-state index is 12.3. The molecule has 3 rings (SSSR count). The first-order valence-corrected chi connectivity index (χ1v) is 9.60. The second kappa shape index (κ2) is 9.24. The molecule has 0 spiro atoms. The van der Waals surface area contributed by atoms with Gasteiger partial charge in [0.1, 0.15) is 13.2 Å². The Hall–Kier alpha value is -1.79. The lowest BCUT2D eigenvalue weighted by atomic mass is 10.0.